The fourth-order valence-electron chi connectivity index (χ4n) is 2.82. The van der Waals surface area contributed by atoms with Gasteiger partial charge in [0.2, 0.25) is 0 Å². The van der Waals surface area contributed by atoms with Crippen LogP contribution in [0.25, 0.3) is 0 Å². The second-order valence-corrected chi connectivity index (χ2v) is 5.36. The van der Waals surface area contributed by atoms with E-state index in [0.717, 1.165) is 12.0 Å². The van der Waals surface area contributed by atoms with Crippen molar-refractivity contribution < 1.29 is 9.53 Å². The fraction of sp³-hybridized carbons (Fsp3) is 0.278. The zero-order chi connectivity index (χ0) is 14.7. The molecule has 0 aromatic heterocycles. The lowest BCUT2D eigenvalue weighted by atomic mass is 9.94. The molecule has 0 saturated carbocycles. The summed E-state index contributed by atoms with van der Waals surface area (Å²) < 4.78 is 5.44. The Labute approximate surface area is 125 Å². The molecule has 2 aromatic carbocycles. The van der Waals surface area contributed by atoms with Gasteiger partial charge in [-0.3, -0.25) is 0 Å². The second-order valence-electron chi connectivity index (χ2n) is 5.36. The Bertz CT molecular complexity index is 624. The number of rotatable bonds is 2. The lowest BCUT2D eigenvalue weighted by Crippen LogP contribution is -2.39. The van der Waals surface area contributed by atoms with Gasteiger partial charge in [0, 0.05) is 6.54 Å². The maximum Gasteiger partial charge on any atom is 0.410 e. The molecular formula is C18H19NO2. The van der Waals surface area contributed by atoms with Crippen molar-refractivity contribution in [2.45, 2.75) is 26.0 Å². The average molecular weight is 281 g/mol. The molecule has 0 unspecified atom stereocenters. The number of carbonyl (C=O) groups is 1. The van der Waals surface area contributed by atoms with Crippen molar-refractivity contribution in [1.82, 2.24) is 4.90 Å². The predicted octanol–water partition coefficient (Wildman–Crippen LogP) is 3.94. The van der Waals surface area contributed by atoms with Crippen molar-refractivity contribution in [3.63, 3.8) is 0 Å². The first-order chi connectivity index (χ1) is 10.3. The van der Waals surface area contributed by atoms with Gasteiger partial charge in [0.1, 0.15) is 6.61 Å². The lowest BCUT2D eigenvalue weighted by molar-refractivity contribution is 0.0803. The molecule has 3 rings (SSSR count). The summed E-state index contributed by atoms with van der Waals surface area (Å²) in [4.78, 5) is 14.1. The summed E-state index contributed by atoms with van der Waals surface area (Å²) in [5.74, 6) is 0. The number of ether oxygens (including phenoxy) is 1. The maximum absolute atomic E-state index is 12.3. The number of hydrogen-bond acceptors (Lipinski definition) is 2. The average Bonchev–Trinajstić information content (AvgIpc) is 2.54. The highest BCUT2D eigenvalue weighted by Crippen LogP contribution is 2.29. The van der Waals surface area contributed by atoms with Gasteiger partial charge < -0.3 is 9.64 Å². The van der Waals surface area contributed by atoms with Gasteiger partial charge in [-0.05, 0) is 30.0 Å². The van der Waals surface area contributed by atoms with E-state index in [0.29, 0.717) is 13.2 Å². The SMILES string of the molecule is C[C@@H]1c2ccccc2CCN1C(=O)OCc1ccccc1. The van der Waals surface area contributed by atoms with Crippen LogP contribution in [0.5, 0.6) is 0 Å². The first-order valence-electron chi connectivity index (χ1n) is 7.31. The van der Waals surface area contributed by atoms with Crippen LogP contribution in [0.2, 0.25) is 0 Å². The maximum atomic E-state index is 12.3. The van der Waals surface area contributed by atoms with E-state index >= 15 is 0 Å². The topological polar surface area (TPSA) is 29.5 Å². The van der Waals surface area contributed by atoms with E-state index in [-0.39, 0.29) is 12.1 Å². The van der Waals surface area contributed by atoms with Gasteiger partial charge in [0.05, 0.1) is 6.04 Å². The Morgan fingerprint density at radius 3 is 2.67 bits per heavy atom. The molecule has 0 radical (unpaired) electrons. The van der Waals surface area contributed by atoms with E-state index in [1.54, 1.807) is 0 Å². The number of nitrogens with zero attached hydrogens (tertiary/aromatic N) is 1. The highest BCUT2D eigenvalue weighted by molar-refractivity contribution is 5.69. The minimum Gasteiger partial charge on any atom is -0.445 e. The molecule has 0 saturated heterocycles. The van der Waals surface area contributed by atoms with Crippen molar-refractivity contribution in [2.24, 2.45) is 0 Å². The van der Waals surface area contributed by atoms with Crippen molar-refractivity contribution in [3.05, 3.63) is 71.3 Å². The van der Waals surface area contributed by atoms with Crippen molar-refractivity contribution >= 4 is 6.09 Å². The summed E-state index contributed by atoms with van der Waals surface area (Å²) in [6.45, 7) is 3.10. The summed E-state index contributed by atoms with van der Waals surface area (Å²) in [7, 11) is 0. The molecule has 1 aliphatic heterocycles. The first kappa shape index (κ1) is 13.7. The number of amides is 1. The summed E-state index contributed by atoms with van der Waals surface area (Å²) in [5, 5.41) is 0. The summed E-state index contributed by atoms with van der Waals surface area (Å²) in [6.07, 6.45) is 0.655. The van der Waals surface area contributed by atoms with Crippen LogP contribution in [0.4, 0.5) is 4.79 Å². The summed E-state index contributed by atoms with van der Waals surface area (Å²) >= 11 is 0. The van der Waals surface area contributed by atoms with E-state index < -0.39 is 0 Å². The number of fused-ring (bicyclic) bond motifs is 1. The Kier molecular flexibility index (Phi) is 3.91. The van der Waals surface area contributed by atoms with Gasteiger partial charge in [0.15, 0.2) is 0 Å². The molecule has 0 spiro atoms. The molecule has 0 aliphatic carbocycles. The van der Waals surface area contributed by atoms with E-state index in [1.807, 2.05) is 41.3 Å². The van der Waals surface area contributed by atoms with Crippen LogP contribution in [0.15, 0.2) is 54.6 Å². The minimum atomic E-state index is -0.235. The van der Waals surface area contributed by atoms with Gasteiger partial charge in [-0.1, -0.05) is 54.6 Å². The Morgan fingerprint density at radius 2 is 1.86 bits per heavy atom. The fourth-order valence-corrected chi connectivity index (χ4v) is 2.82. The van der Waals surface area contributed by atoms with Crippen molar-refractivity contribution in [2.75, 3.05) is 6.54 Å². The van der Waals surface area contributed by atoms with Crippen LogP contribution in [0, 0.1) is 0 Å². The first-order valence-corrected chi connectivity index (χ1v) is 7.31. The summed E-state index contributed by atoms with van der Waals surface area (Å²) in [5.41, 5.74) is 3.56. The van der Waals surface area contributed by atoms with Gasteiger partial charge >= 0.3 is 6.09 Å². The van der Waals surface area contributed by atoms with E-state index in [1.165, 1.54) is 11.1 Å². The highest BCUT2D eigenvalue weighted by atomic mass is 16.6. The zero-order valence-electron chi connectivity index (χ0n) is 12.2. The molecule has 0 bridgehead atoms. The quantitative estimate of drug-likeness (QED) is 0.834. The smallest absolute Gasteiger partial charge is 0.410 e. The van der Waals surface area contributed by atoms with Crippen LogP contribution >= 0.6 is 0 Å². The zero-order valence-corrected chi connectivity index (χ0v) is 12.2. The Balaban J connectivity index is 1.66. The molecule has 21 heavy (non-hydrogen) atoms. The molecular weight excluding hydrogens is 262 g/mol. The molecule has 3 nitrogen and oxygen atoms in total. The second kappa shape index (κ2) is 6.00. The van der Waals surface area contributed by atoms with E-state index in [9.17, 15) is 4.79 Å². The monoisotopic (exact) mass is 281 g/mol. The normalized spacial score (nSPS) is 17.2. The molecule has 1 amide bonds. The number of hydrogen-bond donors (Lipinski definition) is 0. The summed E-state index contributed by atoms with van der Waals surface area (Å²) in [6, 6.07) is 18.1. The van der Waals surface area contributed by atoms with Crippen LogP contribution in [-0.4, -0.2) is 17.5 Å². The van der Waals surface area contributed by atoms with Crippen molar-refractivity contribution in [3.8, 4) is 0 Å². The molecule has 2 aromatic rings. The Morgan fingerprint density at radius 1 is 1.14 bits per heavy atom. The largest absolute Gasteiger partial charge is 0.445 e. The molecule has 1 atom stereocenters. The third kappa shape index (κ3) is 2.92. The number of carbonyl (C=O) groups excluding carboxylic acids is 1. The standard InChI is InChI=1S/C18H19NO2/c1-14-17-10-6-5-9-16(17)11-12-19(14)18(20)21-13-15-7-3-2-4-8-15/h2-10,14H,11-13H2,1H3/t14-/m1/s1. The Hall–Kier alpha value is -2.29. The number of benzene rings is 2. The van der Waals surface area contributed by atoms with E-state index in [4.69, 9.17) is 4.74 Å². The molecule has 0 N–H and O–H groups in total. The van der Waals surface area contributed by atoms with Gasteiger partial charge in [-0.2, -0.15) is 0 Å². The molecule has 3 heteroatoms. The van der Waals surface area contributed by atoms with Gasteiger partial charge in [-0.25, -0.2) is 4.79 Å². The lowest BCUT2D eigenvalue weighted by Gasteiger charge is -2.34. The molecule has 108 valence electrons. The molecule has 0 fully saturated rings. The third-order valence-corrected chi connectivity index (χ3v) is 4.03. The van der Waals surface area contributed by atoms with Gasteiger partial charge in [-0.15, -0.1) is 0 Å². The molecule has 1 aliphatic rings. The molecule has 1 heterocycles. The van der Waals surface area contributed by atoms with Crippen LogP contribution < -0.4 is 0 Å². The van der Waals surface area contributed by atoms with Crippen LogP contribution in [0.1, 0.15) is 29.7 Å². The van der Waals surface area contributed by atoms with E-state index in [2.05, 4.69) is 25.1 Å². The van der Waals surface area contributed by atoms with Crippen LogP contribution in [-0.2, 0) is 17.8 Å². The third-order valence-electron chi connectivity index (χ3n) is 4.03. The predicted molar refractivity (Wildman–Crippen MR) is 81.9 cm³/mol. The van der Waals surface area contributed by atoms with Crippen LogP contribution in [0.3, 0.4) is 0 Å². The van der Waals surface area contributed by atoms with Gasteiger partial charge in [0.25, 0.3) is 0 Å². The van der Waals surface area contributed by atoms with Crippen molar-refractivity contribution in [1.29, 1.82) is 0 Å². The highest BCUT2D eigenvalue weighted by Gasteiger charge is 2.28. The minimum absolute atomic E-state index is 0.0678.